The number of aliphatic hydroxyl groups is 1. The van der Waals surface area contributed by atoms with Gasteiger partial charge in [0.25, 0.3) is 0 Å². The second kappa shape index (κ2) is 4.00. The lowest BCUT2D eigenvalue weighted by Gasteiger charge is -2.55. The van der Waals surface area contributed by atoms with Crippen LogP contribution in [0.2, 0.25) is 0 Å². The van der Waals surface area contributed by atoms with Crippen LogP contribution in [0.4, 0.5) is 0 Å². The van der Waals surface area contributed by atoms with Gasteiger partial charge < -0.3 is 9.84 Å². The first-order chi connectivity index (χ1) is 8.63. The van der Waals surface area contributed by atoms with Crippen molar-refractivity contribution in [2.45, 2.75) is 68.0 Å². The molecule has 1 saturated heterocycles. The summed E-state index contributed by atoms with van der Waals surface area (Å²) < 4.78 is 6.25. The van der Waals surface area contributed by atoms with E-state index in [-0.39, 0.29) is 32.7 Å². The van der Waals surface area contributed by atoms with Gasteiger partial charge in [0.1, 0.15) is 0 Å². The van der Waals surface area contributed by atoms with Crippen molar-refractivity contribution in [1.29, 1.82) is 0 Å². The third kappa shape index (κ3) is 1.62. The van der Waals surface area contributed by atoms with Crippen LogP contribution in [0, 0.1) is 10.8 Å². The van der Waals surface area contributed by atoms with Gasteiger partial charge in [-0.15, -0.1) is 11.6 Å². The van der Waals surface area contributed by atoms with Gasteiger partial charge in [-0.2, -0.15) is 0 Å². The molecule has 4 heteroatoms. The molecular formula is C15H22BrClO2. The van der Waals surface area contributed by atoms with Crippen LogP contribution in [0.1, 0.15) is 40.0 Å². The summed E-state index contributed by atoms with van der Waals surface area (Å²) in [6.45, 7) is 10.8. The molecule has 19 heavy (non-hydrogen) atoms. The van der Waals surface area contributed by atoms with Crippen molar-refractivity contribution >= 4 is 27.5 Å². The zero-order valence-electron chi connectivity index (χ0n) is 11.7. The quantitative estimate of drug-likeness (QED) is 0.534. The van der Waals surface area contributed by atoms with Crippen molar-refractivity contribution in [3.05, 3.63) is 12.2 Å². The van der Waals surface area contributed by atoms with Crippen molar-refractivity contribution in [3.8, 4) is 0 Å². The topological polar surface area (TPSA) is 29.5 Å². The lowest BCUT2D eigenvalue weighted by Crippen LogP contribution is -2.57. The first-order valence-electron chi connectivity index (χ1n) is 6.98. The van der Waals surface area contributed by atoms with Crippen LogP contribution in [0.5, 0.6) is 0 Å². The number of hydrogen-bond acceptors (Lipinski definition) is 2. The average molecular weight is 350 g/mol. The molecule has 1 spiro atoms. The Bertz CT molecular complexity index is 434. The molecule has 2 bridgehead atoms. The van der Waals surface area contributed by atoms with Crippen molar-refractivity contribution < 1.29 is 9.84 Å². The van der Waals surface area contributed by atoms with Crippen LogP contribution in [-0.2, 0) is 4.74 Å². The van der Waals surface area contributed by atoms with Gasteiger partial charge in [0.05, 0.1) is 23.2 Å². The van der Waals surface area contributed by atoms with Crippen LogP contribution in [0.3, 0.4) is 0 Å². The first-order valence-corrected chi connectivity index (χ1v) is 8.27. The van der Waals surface area contributed by atoms with E-state index in [4.69, 9.17) is 16.3 Å². The number of rotatable bonds is 0. The highest BCUT2D eigenvalue weighted by atomic mass is 79.9. The molecule has 3 fully saturated rings. The van der Waals surface area contributed by atoms with E-state index < -0.39 is 6.10 Å². The molecule has 2 saturated carbocycles. The van der Waals surface area contributed by atoms with Crippen LogP contribution < -0.4 is 0 Å². The summed E-state index contributed by atoms with van der Waals surface area (Å²) in [7, 11) is 0. The standard InChI is InChI=1S/C15H22BrClO2/c1-8-5-9(18)12-13(2,3)15(8)6-10(16)14(4,17)7-11(15)19-12/h9-12,18H,1,5-7H2,2-4H3/t9-,10+,11-,12+,14+,15+/m1/s1. The molecule has 1 aliphatic heterocycles. The Hall–Kier alpha value is 0.430. The number of hydrogen-bond donors (Lipinski definition) is 1. The van der Waals surface area contributed by atoms with E-state index in [0.29, 0.717) is 6.42 Å². The van der Waals surface area contributed by atoms with E-state index >= 15 is 0 Å². The van der Waals surface area contributed by atoms with Gasteiger partial charge in [0.2, 0.25) is 0 Å². The van der Waals surface area contributed by atoms with Gasteiger partial charge in [0, 0.05) is 15.7 Å². The van der Waals surface area contributed by atoms with Gasteiger partial charge in [-0.05, 0) is 26.2 Å². The summed E-state index contributed by atoms with van der Waals surface area (Å²) in [6.07, 6.45) is 1.93. The maximum absolute atomic E-state index is 10.3. The molecule has 1 N–H and O–H groups in total. The molecule has 3 rings (SSSR count). The molecule has 1 heterocycles. The molecule has 108 valence electrons. The fraction of sp³-hybridized carbons (Fsp3) is 0.867. The summed E-state index contributed by atoms with van der Waals surface area (Å²) in [5, 5.41) is 10.3. The smallest absolute Gasteiger partial charge is 0.0901 e. The van der Waals surface area contributed by atoms with E-state index in [1.807, 2.05) is 0 Å². The molecular weight excluding hydrogens is 328 g/mol. The van der Waals surface area contributed by atoms with Gasteiger partial charge in [0.15, 0.2) is 0 Å². The van der Waals surface area contributed by atoms with E-state index in [2.05, 4.69) is 43.3 Å². The van der Waals surface area contributed by atoms with Crippen LogP contribution >= 0.6 is 27.5 Å². The molecule has 6 atom stereocenters. The Morgan fingerprint density at radius 3 is 2.63 bits per heavy atom. The predicted octanol–water partition coefficient (Wildman–Crippen LogP) is 3.64. The zero-order chi connectivity index (χ0) is 14.2. The lowest BCUT2D eigenvalue weighted by atomic mass is 9.49. The van der Waals surface area contributed by atoms with E-state index in [1.165, 1.54) is 0 Å². The highest BCUT2D eigenvalue weighted by molar-refractivity contribution is 9.09. The van der Waals surface area contributed by atoms with Gasteiger partial charge in [-0.25, -0.2) is 0 Å². The summed E-state index contributed by atoms with van der Waals surface area (Å²) in [6, 6.07) is 0. The maximum atomic E-state index is 10.3. The number of fused-ring (bicyclic) bond motifs is 1. The second-order valence-electron chi connectivity index (χ2n) is 7.27. The van der Waals surface area contributed by atoms with Crippen molar-refractivity contribution in [2.24, 2.45) is 10.8 Å². The fourth-order valence-electron chi connectivity index (χ4n) is 4.68. The van der Waals surface area contributed by atoms with Gasteiger partial charge in [-0.3, -0.25) is 0 Å². The second-order valence-corrected chi connectivity index (χ2v) is 9.24. The molecule has 0 amide bonds. The third-order valence-electron chi connectivity index (χ3n) is 5.90. The van der Waals surface area contributed by atoms with E-state index in [9.17, 15) is 5.11 Å². The summed E-state index contributed by atoms with van der Waals surface area (Å²) in [4.78, 5) is -0.0548. The molecule has 3 aliphatic rings. The molecule has 0 aromatic rings. The minimum absolute atomic E-state index is 0.0561. The molecule has 0 radical (unpaired) electrons. The first kappa shape index (κ1) is 14.4. The molecule has 2 nitrogen and oxygen atoms in total. The minimum atomic E-state index is -0.436. The van der Waals surface area contributed by atoms with Crippen LogP contribution in [0.15, 0.2) is 12.2 Å². The molecule has 2 aliphatic carbocycles. The van der Waals surface area contributed by atoms with Gasteiger partial charge >= 0.3 is 0 Å². The number of halogens is 2. The Morgan fingerprint density at radius 1 is 1.37 bits per heavy atom. The van der Waals surface area contributed by atoms with Crippen LogP contribution in [-0.4, -0.2) is 33.1 Å². The third-order valence-corrected chi connectivity index (χ3v) is 7.91. The summed E-state index contributed by atoms with van der Waals surface area (Å²) in [5.74, 6) is 0. The highest BCUT2D eigenvalue weighted by Crippen LogP contribution is 2.68. The van der Waals surface area contributed by atoms with Crippen molar-refractivity contribution in [2.75, 3.05) is 0 Å². The lowest BCUT2D eigenvalue weighted by molar-refractivity contribution is -0.0646. The maximum Gasteiger partial charge on any atom is 0.0901 e. The zero-order valence-corrected chi connectivity index (χ0v) is 14.1. The summed E-state index contributed by atoms with van der Waals surface area (Å²) >= 11 is 10.4. The van der Waals surface area contributed by atoms with Crippen molar-refractivity contribution in [3.63, 3.8) is 0 Å². The highest BCUT2D eigenvalue weighted by Gasteiger charge is 2.70. The normalized spacial score (nSPS) is 56.0. The monoisotopic (exact) mass is 348 g/mol. The number of aliphatic hydroxyl groups excluding tert-OH is 1. The van der Waals surface area contributed by atoms with Crippen molar-refractivity contribution in [1.82, 2.24) is 0 Å². The molecule has 0 aromatic carbocycles. The minimum Gasteiger partial charge on any atom is -0.390 e. The fourth-order valence-corrected chi connectivity index (χ4v) is 5.59. The molecule has 0 unspecified atom stereocenters. The predicted molar refractivity (Wildman–Crippen MR) is 80.8 cm³/mol. The average Bonchev–Trinajstić information content (AvgIpc) is 2.41. The molecule has 0 aromatic heterocycles. The number of ether oxygens (including phenoxy) is 1. The van der Waals surface area contributed by atoms with E-state index in [0.717, 1.165) is 18.4 Å². The Morgan fingerprint density at radius 2 is 2.00 bits per heavy atom. The SMILES string of the molecule is C=C1C[C@@H](O)[C@@H]2O[C@@H]3C[C@](C)(Cl)[C@@H](Br)C[C@]13C2(C)C. The Labute approximate surface area is 128 Å². The summed E-state index contributed by atoms with van der Waals surface area (Å²) in [5.41, 5.74) is 0.992. The Balaban J connectivity index is 2.10. The van der Waals surface area contributed by atoms with Gasteiger partial charge in [-0.1, -0.05) is 41.9 Å². The largest absolute Gasteiger partial charge is 0.390 e. The number of alkyl halides is 2. The van der Waals surface area contributed by atoms with E-state index in [1.54, 1.807) is 0 Å². The Kier molecular flexibility index (Phi) is 3.02. The van der Waals surface area contributed by atoms with Crippen LogP contribution in [0.25, 0.3) is 0 Å².